The van der Waals surface area contributed by atoms with Crippen molar-refractivity contribution in [1.29, 1.82) is 0 Å². The Labute approximate surface area is 120 Å². The molecule has 2 unspecified atom stereocenters. The van der Waals surface area contributed by atoms with Crippen LogP contribution in [0.1, 0.15) is 6.23 Å². The highest BCUT2D eigenvalue weighted by Crippen LogP contribution is 2.32. The first kappa shape index (κ1) is 15.8. The van der Waals surface area contributed by atoms with Gasteiger partial charge in [0.2, 0.25) is 0 Å². The van der Waals surface area contributed by atoms with E-state index in [2.05, 4.69) is 4.98 Å². The lowest BCUT2D eigenvalue weighted by atomic mass is 10.1. The van der Waals surface area contributed by atoms with Gasteiger partial charge in [-0.2, -0.15) is 4.98 Å². The van der Waals surface area contributed by atoms with E-state index in [9.17, 15) is 9.18 Å². The van der Waals surface area contributed by atoms with Gasteiger partial charge in [0, 0.05) is 21.3 Å². The minimum atomic E-state index is -0.879. The maximum atomic E-state index is 13.6. The number of nitrogens with zero attached hydrogens (tertiary/aromatic N) is 2. The Hall–Kier alpha value is -1.55. The van der Waals surface area contributed by atoms with E-state index in [4.69, 9.17) is 24.7 Å². The number of rotatable bonds is 5. The Balaban J connectivity index is 2.38. The van der Waals surface area contributed by atoms with Crippen LogP contribution in [0.3, 0.4) is 0 Å². The van der Waals surface area contributed by atoms with Crippen molar-refractivity contribution in [2.24, 2.45) is 0 Å². The summed E-state index contributed by atoms with van der Waals surface area (Å²) in [5.74, 6) is -1.27. The Morgan fingerprint density at radius 2 is 2.05 bits per heavy atom. The molecule has 1 aromatic rings. The summed E-state index contributed by atoms with van der Waals surface area (Å²) in [5, 5.41) is 0. The lowest BCUT2D eigenvalue weighted by Crippen LogP contribution is -2.39. The highest BCUT2D eigenvalue weighted by molar-refractivity contribution is 5.26. The molecule has 0 bridgehead atoms. The van der Waals surface area contributed by atoms with Crippen molar-refractivity contribution >= 4 is 5.82 Å². The first-order chi connectivity index (χ1) is 10.0. The van der Waals surface area contributed by atoms with Crippen molar-refractivity contribution in [3.8, 4) is 0 Å². The monoisotopic (exact) mass is 303 g/mol. The molecule has 2 N–H and O–H groups in total. The van der Waals surface area contributed by atoms with Gasteiger partial charge in [-0.25, -0.2) is 9.18 Å². The van der Waals surface area contributed by atoms with Gasteiger partial charge in [-0.3, -0.25) is 4.57 Å². The molecule has 1 saturated heterocycles. The molecule has 2 rings (SSSR count). The quantitative estimate of drug-likeness (QED) is 0.786. The van der Waals surface area contributed by atoms with Gasteiger partial charge in [0.05, 0.1) is 12.8 Å². The maximum Gasteiger partial charge on any atom is 0.351 e. The first-order valence-electron chi connectivity index (χ1n) is 6.27. The molecule has 0 amide bonds. The number of hydrogen-bond donors (Lipinski definition) is 1. The number of nitrogens with two attached hydrogens (primary N) is 1. The van der Waals surface area contributed by atoms with E-state index in [-0.39, 0.29) is 6.61 Å². The van der Waals surface area contributed by atoms with Crippen LogP contribution in [0.4, 0.5) is 10.2 Å². The SMILES string of the molecule is COC[C@H]1O[C@@H](n2cc(F)c(N)nc2=O)C(OC)C1OC. The van der Waals surface area contributed by atoms with Crippen LogP contribution >= 0.6 is 0 Å². The van der Waals surface area contributed by atoms with E-state index in [0.29, 0.717) is 0 Å². The van der Waals surface area contributed by atoms with Crippen molar-refractivity contribution in [1.82, 2.24) is 9.55 Å². The zero-order valence-corrected chi connectivity index (χ0v) is 12.0. The molecule has 0 aromatic carbocycles. The van der Waals surface area contributed by atoms with E-state index in [1.54, 1.807) is 0 Å². The lowest BCUT2D eigenvalue weighted by molar-refractivity contribution is -0.0675. The van der Waals surface area contributed by atoms with Gasteiger partial charge in [-0.05, 0) is 0 Å². The van der Waals surface area contributed by atoms with E-state index < -0.39 is 41.9 Å². The van der Waals surface area contributed by atoms with Crippen molar-refractivity contribution in [3.63, 3.8) is 0 Å². The number of ether oxygens (including phenoxy) is 4. The highest BCUT2D eigenvalue weighted by atomic mass is 19.1. The normalized spacial score (nSPS) is 29.0. The van der Waals surface area contributed by atoms with Gasteiger partial charge in [-0.1, -0.05) is 0 Å². The summed E-state index contributed by atoms with van der Waals surface area (Å²) in [7, 11) is 4.46. The van der Waals surface area contributed by atoms with Crippen molar-refractivity contribution < 1.29 is 23.3 Å². The van der Waals surface area contributed by atoms with Crippen LogP contribution in [0.25, 0.3) is 0 Å². The number of methoxy groups -OCH3 is 3. The fraction of sp³-hybridized carbons (Fsp3) is 0.667. The van der Waals surface area contributed by atoms with Crippen LogP contribution in [0.15, 0.2) is 11.0 Å². The molecule has 1 fully saturated rings. The molecule has 4 atom stereocenters. The number of anilines is 1. The first-order valence-corrected chi connectivity index (χ1v) is 6.27. The standard InChI is InChI=1S/C12H18FN3O5/c1-18-5-7-8(19-2)9(20-3)11(21-7)16-4-6(13)10(14)15-12(16)17/h4,7-9,11H,5H2,1-3H3,(H2,14,15,17)/t7-,8?,9?,11-/m1/s1. The van der Waals surface area contributed by atoms with Crippen LogP contribution in [0.5, 0.6) is 0 Å². The summed E-state index contributed by atoms with van der Waals surface area (Å²) in [5.41, 5.74) is 4.54. The van der Waals surface area contributed by atoms with Gasteiger partial charge in [0.1, 0.15) is 18.3 Å². The average molecular weight is 303 g/mol. The molecule has 118 valence electrons. The minimum Gasteiger partial charge on any atom is -0.382 e. The third-order valence-electron chi connectivity index (χ3n) is 3.37. The average Bonchev–Trinajstić information content (AvgIpc) is 2.80. The third-order valence-corrected chi connectivity index (χ3v) is 3.37. The molecule has 0 radical (unpaired) electrons. The smallest absolute Gasteiger partial charge is 0.351 e. The fourth-order valence-electron chi connectivity index (χ4n) is 2.41. The minimum absolute atomic E-state index is 0.245. The van der Waals surface area contributed by atoms with E-state index in [0.717, 1.165) is 10.8 Å². The summed E-state index contributed by atoms with van der Waals surface area (Å²) < 4.78 is 36.0. The van der Waals surface area contributed by atoms with Gasteiger partial charge < -0.3 is 24.7 Å². The second-order valence-electron chi connectivity index (χ2n) is 4.59. The molecule has 0 spiro atoms. The zero-order chi connectivity index (χ0) is 15.6. The van der Waals surface area contributed by atoms with E-state index >= 15 is 0 Å². The topological polar surface area (TPSA) is 97.8 Å². The Bertz CT molecular complexity index is 552. The van der Waals surface area contributed by atoms with Crippen LogP contribution in [0.2, 0.25) is 0 Å². The van der Waals surface area contributed by atoms with E-state index in [1.807, 2.05) is 0 Å². The predicted octanol–water partition coefficient (Wildman–Crippen LogP) is -0.462. The highest BCUT2D eigenvalue weighted by Gasteiger charge is 2.46. The molecule has 0 saturated carbocycles. The summed E-state index contributed by atoms with van der Waals surface area (Å²) >= 11 is 0. The van der Waals surface area contributed by atoms with Gasteiger partial charge in [0.15, 0.2) is 17.9 Å². The van der Waals surface area contributed by atoms with E-state index in [1.165, 1.54) is 21.3 Å². The summed E-state index contributed by atoms with van der Waals surface area (Å²) in [6.07, 6.45) is -1.47. The Morgan fingerprint density at radius 3 is 2.62 bits per heavy atom. The molecule has 1 aliphatic heterocycles. The Kier molecular flexibility index (Phi) is 4.88. The molecule has 1 aliphatic rings. The van der Waals surface area contributed by atoms with Crippen molar-refractivity contribution in [2.45, 2.75) is 24.5 Å². The maximum absolute atomic E-state index is 13.6. The van der Waals surface area contributed by atoms with Gasteiger partial charge >= 0.3 is 5.69 Å². The summed E-state index contributed by atoms with van der Waals surface area (Å²) in [4.78, 5) is 15.3. The molecule has 0 aliphatic carbocycles. The van der Waals surface area contributed by atoms with Crippen molar-refractivity contribution in [2.75, 3.05) is 33.7 Å². The molecule has 9 heteroatoms. The number of hydrogen-bond acceptors (Lipinski definition) is 7. The second kappa shape index (κ2) is 6.48. The lowest BCUT2D eigenvalue weighted by Gasteiger charge is -2.22. The van der Waals surface area contributed by atoms with Crippen LogP contribution in [-0.4, -0.2) is 55.8 Å². The number of aromatic nitrogens is 2. The predicted molar refractivity (Wildman–Crippen MR) is 70.2 cm³/mol. The van der Waals surface area contributed by atoms with Crippen LogP contribution in [0, 0.1) is 5.82 Å². The number of nitrogen functional groups attached to an aromatic ring is 1. The second-order valence-corrected chi connectivity index (χ2v) is 4.59. The molecule has 21 heavy (non-hydrogen) atoms. The summed E-state index contributed by atoms with van der Waals surface area (Å²) in [6, 6.07) is 0. The van der Waals surface area contributed by atoms with Gasteiger partial charge in [0.25, 0.3) is 0 Å². The van der Waals surface area contributed by atoms with Crippen LogP contribution < -0.4 is 11.4 Å². The third kappa shape index (κ3) is 2.91. The molecule has 2 heterocycles. The zero-order valence-electron chi connectivity index (χ0n) is 12.0. The molecule has 1 aromatic heterocycles. The summed E-state index contributed by atoms with van der Waals surface area (Å²) in [6.45, 7) is 0.245. The van der Waals surface area contributed by atoms with Gasteiger partial charge in [-0.15, -0.1) is 0 Å². The van der Waals surface area contributed by atoms with Crippen molar-refractivity contribution in [3.05, 3.63) is 22.5 Å². The number of halogens is 1. The fourth-order valence-corrected chi connectivity index (χ4v) is 2.41. The Morgan fingerprint density at radius 1 is 1.38 bits per heavy atom. The molecular formula is C12H18FN3O5. The molecular weight excluding hydrogens is 285 g/mol. The largest absolute Gasteiger partial charge is 0.382 e. The van der Waals surface area contributed by atoms with Crippen LogP contribution in [-0.2, 0) is 18.9 Å². The molecule has 8 nitrogen and oxygen atoms in total.